The van der Waals surface area contributed by atoms with E-state index in [1.807, 2.05) is 37.8 Å². The molecule has 1 saturated heterocycles. The van der Waals surface area contributed by atoms with Gasteiger partial charge in [0.05, 0.1) is 7.11 Å². The molecule has 4 rings (SSSR count). The number of likely N-dealkylation sites (tertiary alicyclic amines) is 1. The largest absolute Gasteiger partial charge is 0.497 e. The van der Waals surface area contributed by atoms with Crippen LogP contribution >= 0.6 is 0 Å². The Morgan fingerprint density at radius 1 is 1.05 bits per heavy atom. The Kier molecular flexibility index (Phi) is 8.39. The standard InChI is InChI=1S/C32H45N3O3/c1-9-26-21(3)29-27(19-23-11-13-25(37-8)14-12-23)28(33-30(29)35(10-2)22(26)4)20-24-15-17-34(18-16-24)31(36)38-32(5,6)7/h11-14,24,26-27H,3-4,9-10,15-20H2,1-2,5-8H3. The molecule has 6 heteroatoms. The number of rotatable bonds is 7. The number of nitrogens with zero attached hydrogens (tertiary/aromatic N) is 3. The second kappa shape index (κ2) is 11.4. The minimum atomic E-state index is -0.472. The first-order chi connectivity index (χ1) is 18.1. The van der Waals surface area contributed by atoms with Gasteiger partial charge in [0.25, 0.3) is 0 Å². The molecule has 1 aromatic carbocycles. The number of aliphatic imine (C=N–C) groups is 1. The fourth-order valence-electron chi connectivity index (χ4n) is 6.06. The minimum Gasteiger partial charge on any atom is -0.497 e. The molecule has 2 atom stereocenters. The molecule has 0 aromatic heterocycles. The molecule has 3 aliphatic heterocycles. The van der Waals surface area contributed by atoms with Crippen molar-refractivity contribution in [3.05, 3.63) is 65.7 Å². The van der Waals surface area contributed by atoms with Crippen LogP contribution in [-0.4, -0.2) is 53.9 Å². The predicted octanol–water partition coefficient (Wildman–Crippen LogP) is 6.99. The van der Waals surface area contributed by atoms with E-state index in [-0.39, 0.29) is 17.9 Å². The van der Waals surface area contributed by atoms with E-state index < -0.39 is 5.60 Å². The van der Waals surface area contributed by atoms with E-state index >= 15 is 0 Å². The first-order valence-corrected chi connectivity index (χ1v) is 14.1. The average molecular weight is 520 g/mol. The fraction of sp³-hybridized carbons (Fsp3) is 0.562. The summed E-state index contributed by atoms with van der Waals surface area (Å²) in [7, 11) is 1.70. The van der Waals surface area contributed by atoms with Crippen LogP contribution in [0.3, 0.4) is 0 Å². The van der Waals surface area contributed by atoms with E-state index in [9.17, 15) is 4.79 Å². The van der Waals surface area contributed by atoms with Gasteiger partial charge in [-0.1, -0.05) is 32.2 Å². The molecular formula is C32H45N3O3. The van der Waals surface area contributed by atoms with Gasteiger partial charge < -0.3 is 19.3 Å². The van der Waals surface area contributed by atoms with Crippen LogP contribution in [0, 0.1) is 17.8 Å². The van der Waals surface area contributed by atoms with Crippen molar-refractivity contribution in [2.24, 2.45) is 22.7 Å². The average Bonchev–Trinajstić information content (AvgIpc) is 3.22. The molecular weight excluding hydrogens is 474 g/mol. The monoisotopic (exact) mass is 519 g/mol. The molecule has 0 radical (unpaired) electrons. The summed E-state index contributed by atoms with van der Waals surface area (Å²) >= 11 is 0. The van der Waals surface area contributed by atoms with Gasteiger partial charge >= 0.3 is 6.09 Å². The number of benzene rings is 1. The third-order valence-corrected chi connectivity index (χ3v) is 8.10. The zero-order valence-corrected chi connectivity index (χ0v) is 24.2. The Balaban J connectivity index is 1.56. The first-order valence-electron chi connectivity index (χ1n) is 14.1. The van der Waals surface area contributed by atoms with E-state index in [4.69, 9.17) is 14.5 Å². The molecule has 0 spiro atoms. The van der Waals surface area contributed by atoms with Gasteiger partial charge in [0.1, 0.15) is 17.2 Å². The maximum Gasteiger partial charge on any atom is 0.410 e. The van der Waals surface area contributed by atoms with Crippen LogP contribution in [-0.2, 0) is 11.2 Å². The smallest absolute Gasteiger partial charge is 0.410 e. The van der Waals surface area contributed by atoms with Gasteiger partial charge in [-0.3, -0.25) is 0 Å². The third kappa shape index (κ3) is 5.84. The van der Waals surface area contributed by atoms with Gasteiger partial charge in [-0.15, -0.1) is 0 Å². The van der Waals surface area contributed by atoms with E-state index in [0.29, 0.717) is 5.92 Å². The number of ether oxygens (including phenoxy) is 2. The summed E-state index contributed by atoms with van der Waals surface area (Å²) in [5.74, 6) is 2.85. The van der Waals surface area contributed by atoms with Crippen molar-refractivity contribution < 1.29 is 14.3 Å². The Bertz CT molecular complexity index is 1120. The molecule has 0 bridgehead atoms. The fourth-order valence-corrected chi connectivity index (χ4v) is 6.06. The van der Waals surface area contributed by atoms with Crippen LogP contribution in [0.15, 0.2) is 65.1 Å². The number of methoxy groups -OCH3 is 1. The van der Waals surface area contributed by atoms with Crippen molar-refractivity contribution in [2.75, 3.05) is 26.7 Å². The highest BCUT2D eigenvalue weighted by atomic mass is 16.6. The highest BCUT2D eigenvalue weighted by molar-refractivity contribution is 5.94. The van der Waals surface area contributed by atoms with Crippen molar-refractivity contribution in [1.82, 2.24) is 9.80 Å². The molecule has 3 heterocycles. The van der Waals surface area contributed by atoms with Gasteiger partial charge in [-0.05, 0) is 89.0 Å². The van der Waals surface area contributed by atoms with Crippen LogP contribution in [0.5, 0.6) is 5.75 Å². The van der Waals surface area contributed by atoms with Crippen molar-refractivity contribution in [1.29, 1.82) is 0 Å². The number of allylic oxidation sites excluding steroid dienone is 2. The molecule has 1 fully saturated rings. The Hall–Kier alpha value is -3.02. The summed E-state index contributed by atoms with van der Waals surface area (Å²) < 4.78 is 11.0. The Morgan fingerprint density at radius 3 is 2.26 bits per heavy atom. The molecule has 38 heavy (non-hydrogen) atoms. The molecule has 6 nitrogen and oxygen atoms in total. The summed E-state index contributed by atoms with van der Waals surface area (Å²) in [4.78, 5) is 22.0. The van der Waals surface area contributed by atoms with Gasteiger partial charge in [-0.2, -0.15) is 0 Å². The second-order valence-corrected chi connectivity index (χ2v) is 11.8. The highest BCUT2D eigenvalue weighted by Gasteiger charge is 2.41. The minimum absolute atomic E-state index is 0.200. The Morgan fingerprint density at radius 2 is 1.71 bits per heavy atom. The van der Waals surface area contributed by atoms with Crippen LogP contribution in [0.4, 0.5) is 4.79 Å². The van der Waals surface area contributed by atoms with E-state index in [1.54, 1.807) is 7.11 Å². The molecule has 0 aliphatic carbocycles. The van der Waals surface area contributed by atoms with Crippen molar-refractivity contribution in [3.63, 3.8) is 0 Å². The van der Waals surface area contributed by atoms with E-state index in [0.717, 1.165) is 69.0 Å². The van der Waals surface area contributed by atoms with Crippen LogP contribution in [0.1, 0.15) is 65.9 Å². The topological polar surface area (TPSA) is 54.4 Å². The second-order valence-electron chi connectivity index (χ2n) is 11.8. The maximum atomic E-state index is 12.6. The molecule has 1 aromatic rings. The van der Waals surface area contributed by atoms with Crippen LogP contribution in [0.2, 0.25) is 0 Å². The third-order valence-electron chi connectivity index (χ3n) is 8.10. The lowest BCUT2D eigenvalue weighted by molar-refractivity contribution is 0.0186. The maximum absolute atomic E-state index is 12.6. The summed E-state index contributed by atoms with van der Waals surface area (Å²) in [6, 6.07) is 8.39. The van der Waals surface area contributed by atoms with E-state index in [2.05, 4.69) is 44.0 Å². The van der Waals surface area contributed by atoms with Crippen molar-refractivity contribution >= 4 is 11.8 Å². The number of carbonyl (C=O) groups excluding carboxylic acids is 1. The quantitative estimate of drug-likeness (QED) is 0.390. The van der Waals surface area contributed by atoms with Crippen molar-refractivity contribution in [2.45, 2.75) is 72.3 Å². The number of hydrogen-bond acceptors (Lipinski definition) is 5. The highest BCUT2D eigenvalue weighted by Crippen LogP contribution is 2.47. The lowest BCUT2D eigenvalue weighted by Crippen LogP contribution is -2.42. The number of hydrogen-bond donors (Lipinski definition) is 0. The summed E-state index contributed by atoms with van der Waals surface area (Å²) in [6.45, 7) is 21.5. The van der Waals surface area contributed by atoms with Gasteiger partial charge in [-0.25, -0.2) is 9.79 Å². The summed E-state index contributed by atoms with van der Waals surface area (Å²) in [6.07, 6.45) is 4.52. The lowest BCUT2D eigenvalue weighted by Gasteiger charge is -2.38. The zero-order valence-electron chi connectivity index (χ0n) is 24.2. The number of carbonyl (C=O) groups is 1. The molecule has 0 N–H and O–H groups in total. The summed E-state index contributed by atoms with van der Waals surface area (Å²) in [5, 5.41) is 0. The van der Waals surface area contributed by atoms with Gasteiger partial charge in [0.2, 0.25) is 0 Å². The van der Waals surface area contributed by atoms with Crippen LogP contribution in [0.25, 0.3) is 0 Å². The lowest BCUT2D eigenvalue weighted by atomic mass is 9.76. The van der Waals surface area contributed by atoms with E-state index in [1.165, 1.54) is 22.4 Å². The molecule has 1 amide bonds. The molecule has 2 unspecified atom stereocenters. The zero-order chi connectivity index (χ0) is 27.6. The van der Waals surface area contributed by atoms with Crippen LogP contribution < -0.4 is 4.74 Å². The SMILES string of the molecule is C=C1C2=C(N=C(CC3CCN(C(=O)OC(C)(C)C)CC3)C2Cc2ccc(OC)cc2)N(CC)C(=C)C1CC. The molecule has 0 saturated carbocycles. The molecule has 206 valence electrons. The molecule has 3 aliphatic rings. The number of amides is 1. The summed E-state index contributed by atoms with van der Waals surface area (Å²) in [5.41, 5.74) is 5.62. The van der Waals surface area contributed by atoms with Crippen molar-refractivity contribution in [3.8, 4) is 5.75 Å². The normalized spacial score (nSPS) is 22.5. The number of piperidine rings is 1. The van der Waals surface area contributed by atoms with Gasteiger partial charge in [0, 0.05) is 48.5 Å². The first kappa shape index (κ1) is 28.0. The Labute approximate surface area is 229 Å². The predicted molar refractivity (Wildman–Crippen MR) is 154 cm³/mol. The van der Waals surface area contributed by atoms with Gasteiger partial charge in [0.15, 0.2) is 0 Å².